The molecule has 1 aliphatic rings. The number of carbonyl (C=O) groups excluding carboxylic acids is 1. The summed E-state index contributed by atoms with van der Waals surface area (Å²) in [6.45, 7) is 3.62. The van der Waals surface area contributed by atoms with Crippen molar-refractivity contribution in [2.75, 3.05) is 18.5 Å². The van der Waals surface area contributed by atoms with Crippen molar-refractivity contribution in [2.24, 2.45) is 0 Å². The number of aromatic nitrogens is 1. The van der Waals surface area contributed by atoms with Gasteiger partial charge in [0.25, 0.3) is 5.91 Å². The number of amides is 1. The number of fused-ring (bicyclic) bond motifs is 1. The zero-order valence-electron chi connectivity index (χ0n) is 16.0. The predicted octanol–water partition coefficient (Wildman–Crippen LogP) is 3.88. The summed E-state index contributed by atoms with van der Waals surface area (Å²) in [6.07, 6.45) is 1.22. The molecule has 0 fully saturated rings. The summed E-state index contributed by atoms with van der Waals surface area (Å²) in [5.41, 5.74) is 1.88. The van der Waals surface area contributed by atoms with Crippen LogP contribution in [0.4, 0.5) is 5.69 Å². The molecule has 0 saturated heterocycles. The molecule has 1 atom stereocenters. The van der Waals surface area contributed by atoms with E-state index in [1.165, 1.54) is 4.88 Å². The van der Waals surface area contributed by atoms with Crippen LogP contribution in [0.15, 0.2) is 60.8 Å². The molecule has 0 spiro atoms. The van der Waals surface area contributed by atoms with Crippen LogP contribution in [-0.2, 0) is 17.9 Å². The highest BCUT2D eigenvalue weighted by molar-refractivity contribution is 7.11. The summed E-state index contributed by atoms with van der Waals surface area (Å²) in [4.78, 5) is 24.1. The first-order valence-corrected chi connectivity index (χ1v) is 10.1. The lowest BCUT2D eigenvalue weighted by atomic mass is 10.1. The standard InChI is InChI=1S/C22H23N3O2S/c1-16-10-11-18(28-16)14-25(13-17-7-5-6-12-23-17)22(26)21-15-24(2)19-8-3-4-9-20(19)27-21/h3-12,21H,13-15H2,1-2H3/t21-/m1/s1. The third-order valence-corrected chi connectivity index (χ3v) is 5.78. The summed E-state index contributed by atoms with van der Waals surface area (Å²) in [6, 6.07) is 17.8. The average molecular weight is 394 g/mol. The molecule has 0 saturated carbocycles. The van der Waals surface area contributed by atoms with E-state index in [0.29, 0.717) is 19.6 Å². The third-order valence-electron chi connectivity index (χ3n) is 4.79. The first-order valence-electron chi connectivity index (χ1n) is 9.31. The molecule has 6 heteroatoms. The van der Waals surface area contributed by atoms with E-state index >= 15 is 0 Å². The lowest BCUT2D eigenvalue weighted by molar-refractivity contribution is -0.140. The molecule has 3 heterocycles. The van der Waals surface area contributed by atoms with Gasteiger partial charge in [-0.3, -0.25) is 9.78 Å². The Kier molecular flexibility index (Phi) is 5.30. The van der Waals surface area contributed by atoms with E-state index in [1.54, 1.807) is 17.5 Å². The number of rotatable bonds is 5. The second kappa shape index (κ2) is 8.02. The maximum absolute atomic E-state index is 13.4. The van der Waals surface area contributed by atoms with Crippen LogP contribution in [0.3, 0.4) is 0 Å². The number of likely N-dealkylation sites (N-methyl/N-ethyl adjacent to an activating group) is 1. The lowest BCUT2D eigenvalue weighted by Crippen LogP contribution is -2.49. The first-order chi connectivity index (χ1) is 13.6. The monoisotopic (exact) mass is 393 g/mol. The Balaban J connectivity index is 1.57. The summed E-state index contributed by atoms with van der Waals surface area (Å²) >= 11 is 1.71. The van der Waals surface area contributed by atoms with E-state index in [1.807, 2.05) is 54.4 Å². The van der Waals surface area contributed by atoms with Crippen molar-refractivity contribution in [1.29, 1.82) is 0 Å². The highest BCUT2D eigenvalue weighted by Gasteiger charge is 2.32. The highest BCUT2D eigenvalue weighted by Crippen LogP contribution is 2.32. The topological polar surface area (TPSA) is 45.7 Å². The minimum atomic E-state index is -0.537. The second-order valence-electron chi connectivity index (χ2n) is 6.98. The Hall–Kier alpha value is -2.86. The van der Waals surface area contributed by atoms with E-state index in [2.05, 4.69) is 28.9 Å². The highest BCUT2D eigenvalue weighted by atomic mass is 32.1. The maximum Gasteiger partial charge on any atom is 0.266 e. The number of benzene rings is 1. The van der Waals surface area contributed by atoms with Crippen LogP contribution in [0.25, 0.3) is 0 Å². The minimum absolute atomic E-state index is 0.0157. The van der Waals surface area contributed by atoms with Crippen LogP contribution >= 0.6 is 11.3 Å². The Bertz CT molecular complexity index is 957. The number of nitrogens with zero attached hydrogens (tertiary/aromatic N) is 3. The Morgan fingerprint density at radius 2 is 2.00 bits per heavy atom. The zero-order chi connectivity index (χ0) is 19.5. The van der Waals surface area contributed by atoms with Gasteiger partial charge in [-0.1, -0.05) is 18.2 Å². The molecule has 1 amide bonds. The van der Waals surface area contributed by atoms with Gasteiger partial charge in [0.15, 0.2) is 6.10 Å². The number of hydrogen-bond acceptors (Lipinski definition) is 5. The molecule has 2 aromatic heterocycles. The molecule has 0 radical (unpaired) electrons. The number of carbonyl (C=O) groups is 1. The fourth-order valence-corrected chi connectivity index (χ4v) is 4.31. The van der Waals surface area contributed by atoms with Gasteiger partial charge in [0.1, 0.15) is 5.75 Å². The van der Waals surface area contributed by atoms with Gasteiger partial charge >= 0.3 is 0 Å². The van der Waals surface area contributed by atoms with Gasteiger partial charge in [0.05, 0.1) is 31.0 Å². The second-order valence-corrected chi connectivity index (χ2v) is 8.35. The van der Waals surface area contributed by atoms with E-state index in [9.17, 15) is 4.79 Å². The number of aryl methyl sites for hydroxylation is 1. The van der Waals surface area contributed by atoms with Gasteiger partial charge in [-0.25, -0.2) is 0 Å². The van der Waals surface area contributed by atoms with Crippen LogP contribution in [0.2, 0.25) is 0 Å². The van der Waals surface area contributed by atoms with Crippen molar-refractivity contribution in [3.8, 4) is 5.75 Å². The van der Waals surface area contributed by atoms with Crippen molar-refractivity contribution in [3.63, 3.8) is 0 Å². The number of pyridine rings is 1. The van der Waals surface area contributed by atoms with Gasteiger partial charge in [-0.2, -0.15) is 0 Å². The molecule has 0 bridgehead atoms. The van der Waals surface area contributed by atoms with Crippen molar-refractivity contribution >= 4 is 22.9 Å². The minimum Gasteiger partial charge on any atom is -0.477 e. The van der Waals surface area contributed by atoms with Crippen LogP contribution in [0.1, 0.15) is 15.4 Å². The molecule has 28 heavy (non-hydrogen) atoms. The summed E-state index contributed by atoms with van der Waals surface area (Å²) in [7, 11) is 1.99. The Morgan fingerprint density at radius 3 is 2.75 bits per heavy atom. The molecule has 4 rings (SSSR count). The fraction of sp³-hybridized carbons (Fsp3) is 0.273. The van der Waals surface area contributed by atoms with Gasteiger partial charge in [-0.15, -0.1) is 11.3 Å². The van der Waals surface area contributed by atoms with Crippen molar-refractivity contribution in [3.05, 3.63) is 76.2 Å². The third kappa shape index (κ3) is 4.02. The van der Waals surface area contributed by atoms with Crippen molar-refractivity contribution in [2.45, 2.75) is 26.1 Å². The largest absolute Gasteiger partial charge is 0.477 e. The fourth-order valence-electron chi connectivity index (χ4n) is 3.40. The Morgan fingerprint density at radius 1 is 1.18 bits per heavy atom. The molecule has 1 aliphatic heterocycles. The van der Waals surface area contributed by atoms with Gasteiger partial charge in [0, 0.05) is 23.0 Å². The molecule has 1 aromatic carbocycles. The first kappa shape index (κ1) is 18.5. The number of ether oxygens (including phenoxy) is 1. The Labute approximate surface area is 169 Å². The van der Waals surface area contributed by atoms with Gasteiger partial charge in [0.2, 0.25) is 0 Å². The molecular weight excluding hydrogens is 370 g/mol. The quantitative estimate of drug-likeness (QED) is 0.660. The van der Waals surface area contributed by atoms with Crippen molar-refractivity contribution in [1.82, 2.24) is 9.88 Å². The van der Waals surface area contributed by atoms with Crippen LogP contribution < -0.4 is 9.64 Å². The number of thiophene rings is 1. The molecular formula is C22H23N3O2S. The molecule has 3 aromatic rings. The molecule has 5 nitrogen and oxygen atoms in total. The molecule has 0 aliphatic carbocycles. The molecule has 0 N–H and O–H groups in total. The molecule has 0 unspecified atom stereocenters. The summed E-state index contributed by atoms with van der Waals surface area (Å²) in [5, 5.41) is 0. The van der Waals surface area contributed by atoms with E-state index < -0.39 is 6.10 Å². The maximum atomic E-state index is 13.4. The predicted molar refractivity (Wildman–Crippen MR) is 112 cm³/mol. The van der Waals surface area contributed by atoms with Crippen LogP contribution in [0.5, 0.6) is 5.75 Å². The SMILES string of the molecule is Cc1ccc(CN(Cc2ccccn2)C(=O)[C@H]2CN(C)c3ccccc3O2)s1. The smallest absolute Gasteiger partial charge is 0.266 e. The van der Waals surface area contributed by atoms with Crippen LogP contribution in [-0.4, -0.2) is 35.5 Å². The molecule has 144 valence electrons. The average Bonchev–Trinajstić information content (AvgIpc) is 3.12. The lowest BCUT2D eigenvalue weighted by Gasteiger charge is -2.35. The van der Waals surface area contributed by atoms with E-state index in [-0.39, 0.29) is 5.91 Å². The summed E-state index contributed by atoms with van der Waals surface area (Å²) < 4.78 is 6.08. The van der Waals surface area contributed by atoms with Crippen LogP contribution in [0, 0.1) is 6.92 Å². The van der Waals surface area contributed by atoms with Crippen molar-refractivity contribution < 1.29 is 9.53 Å². The normalized spacial score (nSPS) is 15.6. The van der Waals surface area contributed by atoms with Gasteiger partial charge < -0.3 is 14.5 Å². The summed E-state index contributed by atoms with van der Waals surface area (Å²) in [5.74, 6) is 0.734. The number of anilines is 1. The zero-order valence-corrected chi connectivity index (χ0v) is 16.9. The van der Waals surface area contributed by atoms with E-state index in [0.717, 1.165) is 22.0 Å². The number of hydrogen-bond donors (Lipinski definition) is 0. The number of para-hydroxylation sites is 2. The van der Waals surface area contributed by atoms with E-state index in [4.69, 9.17) is 4.74 Å². The van der Waals surface area contributed by atoms with Gasteiger partial charge in [-0.05, 0) is 43.3 Å².